The van der Waals surface area contributed by atoms with Crippen molar-refractivity contribution in [1.82, 2.24) is 0 Å². The van der Waals surface area contributed by atoms with Gasteiger partial charge in [-0.1, -0.05) is 18.2 Å². The number of carbonyl (C=O) groups excluding carboxylic acids is 2. The summed E-state index contributed by atoms with van der Waals surface area (Å²) >= 11 is 0. The molecule has 0 aromatic heterocycles. The number of anilines is 3. The van der Waals surface area contributed by atoms with E-state index in [2.05, 4.69) is 23.6 Å². The number of nitrogens with zero attached hydrogens (tertiary/aromatic N) is 1. The first-order valence-corrected chi connectivity index (χ1v) is 9.04. The highest BCUT2D eigenvalue weighted by Crippen LogP contribution is 2.33. The quantitative estimate of drug-likeness (QED) is 0.849. The maximum atomic E-state index is 13.1. The lowest BCUT2D eigenvalue weighted by molar-refractivity contribution is -0.119. The van der Waals surface area contributed by atoms with Crippen molar-refractivity contribution in [2.75, 3.05) is 22.6 Å². The summed E-state index contributed by atoms with van der Waals surface area (Å²) in [5, 5.41) is 5.98. The molecule has 0 aliphatic carbocycles. The normalized spacial score (nSPS) is 16.4. The Morgan fingerprint density at radius 2 is 1.96 bits per heavy atom. The minimum Gasteiger partial charge on any atom is -0.495 e. The average molecular weight is 367 g/mol. The lowest BCUT2D eigenvalue weighted by atomic mass is 10.1. The first-order chi connectivity index (χ1) is 12.9. The number of hydrogen-bond acceptors (Lipinski definition) is 4. The number of ether oxygens (including phenoxy) is 1. The molecule has 0 saturated carbocycles. The Balaban J connectivity index is 1.82. The molecule has 27 heavy (non-hydrogen) atoms. The molecule has 0 bridgehead atoms. The fraction of sp³-hybridized carbons (Fsp3) is 0.333. The lowest BCUT2D eigenvalue weighted by Gasteiger charge is -2.27. The van der Waals surface area contributed by atoms with Crippen molar-refractivity contribution in [3.05, 3.63) is 48.0 Å². The number of fused-ring (bicyclic) bond motifs is 1. The predicted octanol–water partition coefficient (Wildman–Crippen LogP) is 3.43. The first-order valence-electron chi connectivity index (χ1n) is 9.04. The largest absolute Gasteiger partial charge is 0.495 e. The average Bonchev–Trinajstić information content (AvgIpc) is 2.96. The summed E-state index contributed by atoms with van der Waals surface area (Å²) in [6.45, 7) is 5.35. The van der Waals surface area contributed by atoms with E-state index >= 15 is 0 Å². The molecular weight excluding hydrogens is 342 g/mol. The number of benzene rings is 2. The number of para-hydroxylation sites is 1. The molecule has 1 aliphatic rings. The van der Waals surface area contributed by atoms with Crippen LogP contribution in [0.3, 0.4) is 0 Å². The van der Waals surface area contributed by atoms with Crippen LogP contribution in [0, 0.1) is 0 Å². The second kappa shape index (κ2) is 7.70. The fourth-order valence-electron chi connectivity index (χ4n) is 3.51. The van der Waals surface area contributed by atoms with E-state index in [9.17, 15) is 9.59 Å². The van der Waals surface area contributed by atoms with E-state index in [0.717, 1.165) is 12.1 Å². The van der Waals surface area contributed by atoms with Gasteiger partial charge in [-0.25, -0.2) is 0 Å². The zero-order valence-electron chi connectivity index (χ0n) is 16.1. The van der Waals surface area contributed by atoms with Crippen molar-refractivity contribution in [3.8, 4) is 5.75 Å². The van der Waals surface area contributed by atoms with Crippen molar-refractivity contribution in [2.24, 2.45) is 0 Å². The third-order valence-electron chi connectivity index (χ3n) is 4.71. The van der Waals surface area contributed by atoms with Gasteiger partial charge >= 0.3 is 0 Å². The van der Waals surface area contributed by atoms with Gasteiger partial charge < -0.3 is 20.3 Å². The third kappa shape index (κ3) is 3.89. The van der Waals surface area contributed by atoms with Gasteiger partial charge in [0.25, 0.3) is 0 Å². The molecule has 0 radical (unpaired) electrons. The molecule has 0 unspecified atom stereocenters. The monoisotopic (exact) mass is 367 g/mol. The molecule has 2 N–H and O–H groups in total. The number of methoxy groups -OCH3 is 1. The van der Waals surface area contributed by atoms with Gasteiger partial charge in [-0.3, -0.25) is 9.59 Å². The second-order valence-electron chi connectivity index (χ2n) is 6.85. The number of carbonyl (C=O) groups is 2. The minimum absolute atomic E-state index is 0.000525. The van der Waals surface area contributed by atoms with Gasteiger partial charge in [-0.15, -0.1) is 0 Å². The topological polar surface area (TPSA) is 70.7 Å². The molecule has 0 saturated heterocycles. The molecule has 2 atom stereocenters. The Bertz CT molecular complexity index is 866. The maximum Gasteiger partial charge on any atom is 0.249 e. The van der Waals surface area contributed by atoms with Crippen LogP contribution in [0.2, 0.25) is 0 Å². The smallest absolute Gasteiger partial charge is 0.249 e. The zero-order chi connectivity index (χ0) is 19.6. The van der Waals surface area contributed by atoms with Crippen LogP contribution in [-0.2, 0) is 16.0 Å². The number of rotatable bonds is 5. The van der Waals surface area contributed by atoms with Crippen LogP contribution in [0.15, 0.2) is 42.5 Å². The number of nitrogens with one attached hydrogen (secondary N) is 2. The van der Waals surface area contributed by atoms with Crippen molar-refractivity contribution in [2.45, 2.75) is 39.3 Å². The molecule has 2 amide bonds. The summed E-state index contributed by atoms with van der Waals surface area (Å²) in [6, 6.07) is 13.0. The van der Waals surface area contributed by atoms with Gasteiger partial charge in [0.05, 0.1) is 12.8 Å². The van der Waals surface area contributed by atoms with Crippen LogP contribution < -0.4 is 20.3 Å². The summed E-state index contributed by atoms with van der Waals surface area (Å²) in [4.78, 5) is 26.3. The van der Waals surface area contributed by atoms with Crippen molar-refractivity contribution < 1.29 is 14.3 Å². The highest BCUT2D eigenvalue weighted by Gasteiger charge is 2.33. The fourth-order valence-corrected chi connectivity index (χ4v) is 3.51. The summed E-state index contributed by atoms with van der Waals surface area (Å²) in [5.74, 6) is 0.454. The Kier molecular flexibility index (Phi) is 5.35. The van der Waals surface area contributed by atoms with Crippen molar-refractivity contribution in [3.63, 3.8) is 0 Å². The van der Waals surface area contributed by atoms with Crippen molar-refractivity contribution in [1.29, 1.82) is 0 Å². The van der Waals surface area contributed by atoms with Crippen LogP contribution >= 0.6 is 0 Å². The van der Waals surface area contributed by atoms with E-state index < -0.39 is 6.04 Å². The van der Waals surface area contributed by atoms with E-state index in [1.54, 1.807) is 25.3 Å². The van der Waals surface area contributed by atoms with E-state index in [1.165, 1.54) is 12.5 Å². The molecule has 142 valence electrons. The van der Waals surface area contributed by atoms with E-state index in [4.69, 9.17) is 4.74 Å². The minimum atomic E-state index is -0.458. The van der Waals surface area contributed by atoms with E-state index in [-0.39, 0.29) is 17.9 Å². The van der Waals surface area contributed by atoms with E-state index in [1.807, 2.05) is 30.0 Å². The van der Waals surface area contributed by atoms with Gasteiger partial charge in [0.1, 0.15) is 11.8 Å². The van der Waals surface area contributed by atoms with Crippen LogP contribution in [-0.4, -0.2) is 31.0 Å². The molecule has 0 spiro atoms. The SMILES string of the molecule is COc1ccc(NC(C)=O)cc1N[C@H](C)C(=O)N1c2ccccc2C[C@@H]1C. The third-order valence-corrected chi connectivity index (χ3v) is 4.71. The molecule has 2 aromatic carbocycles. The Labute approximate surface area is 159 Å². The Morgan fingerprint density at radius 1 is 1.22 bits per heavy atom. The molecule has 6 nitrogen and oxygen atoms in total. The van der Waals surface area contributed by atoms with Crippen LogP contribution in [0.1, 0.15) is 26.3 Å². The number of amides is 2. The van der Waals surface area contributed by atoms with E-state index in [0.29, 0.717) is 17.1 Å². The van der Waals surface area contributed by atoms with Gasteiger partial charge in [0, 0.05) is 24.3 Å². The molecular formula is C21H25N3O3. The maximum absolute atomic E-state index is 13.1. The Morgan fingerprint density at radius 3 is 2.67 bits per heavy atom. The van der Waals surface area contributed by atoms with Gasteiger partial charge in [0.15, 0.2) is 0 Å². The summed E-state index contributed by atoms with van der Waals surface area (Å²) in [6.07, 6.45) is 0.857. The summed E-state index contributed by atoms with van der Waals surface area (Å²) < 4.78 is 5.39. The van der Waals surface area contributed by atoms with Gasteiger partial charge in [0.2, 0.25) is 11.8 Å². The van der Waals surface area contributed by atoms with Crippen LogP contribution in [0.4, 0.5) is 17.1 Å². The molecule has 1 aliphatic heterocycles. The second-order valence-corrected chi connectivity index (χ2v) is 6.85. The summed E-state index contributed by atoms with van der Waals surface area (Å²) in [7, 11) is 1.57. The van der Waals surface area contributed by atoms with Crippen LogP contribution in [0.25, 0.3) is 0 Å². The Hall–Kier alpha value is -3.02. The zero-order valence-corrected chi connectivity index (χ0v) is 16.1. The molecule has 6 heteroatoms. The molecule has 1 heterocycles. The lowest BCUT2D eigenvalue weighted by Crippen LogP contribution is -2.44. The number of hydrogen-bond donors (Lipinski definition) is 2. The van der Waals surface area contributed by atoms with Gasteiger partial charge in [-0.2, -0.15) is 0 Å². The highest BCUT2D eigenvalue weighted by atomic mass is 16.5. The molecule has 3 rings (SSSR count). The summed E-state index contributed by atoms with van der Waals surface area (Å²) in [5.41, 5.74) is 3.47. The van der Waals surface area contributed by atoms with Crippen molar-refractivity contribution >= 4 is 28.9 Å². The molecule has 2 aromatic rings. The van der Waals surface area contributed by atoms with Crippen LogP contribution in [0.5, 0.6) is 5.75 Å². The van der Waals surface area contributed by atoms with Gasteiger partial charge in [-0.05, 0) is 50.1 Å². The highest BCUT2D eigenvalue weighted by molar-refractivity contribution is 6.01. The standard InChI is InChI=1S/C21H25N3O3/c1-13-11-16-7-5-6-8-19(16)24(13)21(26)14(2)22-18-12-17(23-15(3)25)9-10-20(18)27-4/h5-10,12-14,22H,11H2,1-4H3,(H,23,25)/t13-,14+/m0/s1. The predicted molar refractivity (Wildman–Crippen MR) is 107 cm³/mol. The molecule has 0 fully saturated rings. The first kappa shape index (κ1) is 18.8.